The number of hydrogen-bond donors (Lipinski definition) is 1. The van der Waals surface area contributed by atoms with Gasteiger partial charge in [0.25, 0.3) is 0 Å². The van der Waals surface area contributed by atoms with Crippen molar-refractivity contribution in [3.05, 3.63) is 83.7 Å². The van der Waals surface area contributed by atoms with Crippen molar-refractivity contribution in [1.82, 2.24) is 30.1 Å². The Hall–Kier alpha value is -4.41. The van der Waals surface area contributed by atoms with Crippen molar-refractivity contribution >= 4 is 18.1 Å². The molecule has 2 aromatic carbocycles. The van der Waals surface area contributed by atoms with Gasteiger partial charge in [0.15, 0.2) is 0 Å². The summed E-state index contributed by atoms with van der Waals surface area (Å²) < 4.78 is 13.1. The Morgan fingerprint density at radius 2 is 1.59 bits per heavy atom. The third kappa shape index (κ3) is 8.05. The summed E-state index contributed by atoms with van der Waals surface area (Å²) in [5.41, 5.74) is 1.59. The number of nitrogens with one attached hydrogen (secondary N) is 1. The zero-order chi connectivity index (χ0) is 33.1. The molecule has 1 aromatic heterocycles. The largest absolute Gasteiger partial charge is 0.445 e. The first-order valence-electron chi connectivity index (χ1n) is 16.0. The predicted octanol–water partition coefficient (Wildman–Crippen LogP) is 5.05. The highest BCUT2D eigenvalue weighted by atomic mass is 16.6. The number of fused-ring (bicyclic) bond motifs is 1. The zero-order valence-electron chi connectivity index (χ0n) is 27.7. The molecule has 0 spiro atoms. The van der Waals surface area contributed by atoms with E-state index in [0.717, 1.165) is 16.8 Å². The molecule has 11 heteroatoms. The van der Waals surface area contributed by atoms with Crippen LogP contribution in [0.2, 0.25) is 0 Å². The summed E-state index contributed by atoms with van der Waals surface area (Å²) in [6.45, 7) is 12.6. The summed E-state index contributed by atoms with van der Waals surface area (Å²) in [5.74, 6) is -0.326. The molecule has 4 atom stereocenters. The van der Waals surface area contributed by atoms with Crippen molar-refractivity contribution in [2.24, 2.45) is 11.3 Å². The molecule has 0 radical (unpaired) electrons. The highest BCUT2D eigenvalue weighted by Gasteiger charge is 2.54. The molecule has 3 aromatic rings. The summed E-state index contributed by atoms with van der Waals surface area (Å²) in [4.78, 5) is 44.3. The van der Waals surface area contributed by atoms with E-state index in [0.29, 0.717) is 32.5 Å². The molecule has 3 amide bonds. The van der Waals surface area contributed by atoms with Gasteiger partial charge in [0.1, 0.15) is 18.2 Å². The lowest BCUT2D eigenvalue weighted by Crippen LogP contribution is -2.57. The second-order valence-corrected chi connectivity index (χ2v) is 14.4. The molecular formula is C35H46N6O5. The average Bonchev–Trinajstić information content (AvgIpc) is 3.71. The Kier molecular flexibility index (Phi) is 9.69. The number of amides is 3. The normalized spacial score (nSPS) is 20.3. The number of benzene rings is 2. The maximum Gasteiger partial charge on any atom is 0.410 e. The van der Waals surface area contributed by atoms with Gasteiger partial charge in [0.2, 0.25) is 5.91 Å². The van der Waals surface area contributed by atoms with Crippen LogP contribution in [-0.4, -0.2) is 79.7 Å². The third-order valence-corrected chi connectivity index (χ3v) is 8.47. The van der Waals surface area contributed by atoms with Crippen LogP contribution in [0.1, 0.15) is 64.8 Å². The minimum absolute atomic E-state index is 0.130. The molecule has 0 unspecified atom stereocenters. The fourth-order valence-corrected chi connectivity index (χ4v) is 6.43. The molecular weight excluding hydrogens is 584 g/mol. The maximum atomic E-state index is 14.3. The molecule has 0 bridgehead atoms. The lowest BCUT2D eigenvalue weighted by atomic mass is 9.85. The van der Waals surface area contributed by atoms with Crippen LogP contribution in [0.25, 0.3) is 0 Å². The van der Waals surface area contributed by atoms with Crippen LogP contribution in [0.5, 0.6) is 0 Å². The van der Waals surface area contributed by atoms with Crippen LogP contribution in [0.15, 0.2) is 66.9 Å². The van der Waals surface area contributed by atoms with E-state index in [2.05, 4.69) is 27.8 Å². The third-order valence-electron chi connectivity index (χ3n) is 8.47. The molecule has 2 aliphatic rings. The summed E-state index contributed by atoms with van der Waals surface area (Å²) in [6, 6.07) is 18.3. The molecule has 46 heavy (non-hydrogen) atoms. The number of aromatic nitrogens is 3. The molecule has 5 rings (SSSR count). The van der Waals surface area contributed by atoms with Crippen molar-refractivity contribution in [1.29, 1.82) is 0 Å². The van der Waals surface area contributed by atoms with Gasteiger partial charge in [0.05, 0.1) is 17.8 Å². The molecule has 2 fully saturated rings. The van der Waals surface area contributed by atoms with Gasteiger partial charge >= 0.3 is 12.2 Å². The van der Waals surface area contributed by atoms with E-state index in [-0.39, 0.29) is 30.5 Å². The minimum atomic E-state index is -0.829. The Morgan fingerprint density at radius 1 is 0.935 bits per heavy atom. The monoisotopic (exact) mass is 630 g/mol. The van der Waals surface area contributed by atoms with Crippen molar-refractivity contribution in [3.8, 4) is 0 Å². The summed E-state index contributed by atoms with van der Waals surface area (Å²) >= 11 is 0. The Labute approximate surface area is 271 Å². The van der Waals surface area contributed by atoms with Gasteiger partial charge in [-0.25, -0.2) is 9.59 Å². The summed E-state index contributed by atoms with van der Waals surface area (Å²) in [5, 5.41) is 11.7. The molecule has 3 heterocycles. The molecule has 2 aliphatic heterocycles. The number of hydrogen-bond acceptors (Lipinski definition) is 7. The summed E-state index contributed by atoms with van der Waals surface area (Å²) in [6.07, 6.45) is 2.15. The Bertz CT molecular complexity index is 1500. The van der Waals surface area contributed by atoms with Crippen LogP contribution < -0.4 is 5.32 Å². The first-order chi connectivity index (χ1) is 21.8. The molecule has 2 saturated heterocycles. The van der Waals surface area contributed by atoms with E-state index in [1.807, 2.05) is 80.4 Å². The van der Waals surface area contributed by atoms with Crippen molar-refractivity contribution in [2.75, 3.05) is 13.1 Å². The smallest absolute Gasteiger partial charge is 0.410 e. The number of likely N-dealkylation sites (tertiary alicyclic amines) is 2. The Balaban J connectivity index is 1.37. The number of ether oxygens (including phenoxy) is 2. The van der Waals surface area contributed by atoms with Gasteiger partial charge in [-0.3, -0.25) is 9.48 Å². The fourth-order valence-electron chi connectivity index (χ4n) is 6.43. The lowest BCUT2D eigenvalue weighted by molar-refractivity contribution is -0.137. The van der Waals surface area contributed by atoms with E-state index >= 15 is 0 Å². The first-order valence-corrected chi connectivity index (χ1v) is 16.0. The SMILES string of the molecule is CC(C)(C)OC(=O)N[C@H](C(=O)N1CC[C@@H]2[C@H]1[C@@H](Cn1cc(Cc3ccccc3)nn1)CN2C(=O)OCc1ccccc1)C(C)(C)C. The number of alkyl carbamates (subject to hydrolysis) is 1. The molecule has 1 N–H and O–H groups in total. The van der Waals surface area contributed by atoms with Gasteiger partial charge in [0, 0.05) is 38.2 Å². The van der Waals surface area contributed by atoms with Gasteiger partial charge < -0.3 is 24.6 Å². The van der Waals surface area contributed by atoms with Crippen LogP contribution >= 0.6 is 0 Å². The standard InChI is InChI=1S/C35H46N6O5/c1-34(2,3)30(36-32(43)46-35(4,5)6)31(42)40-18-17-28-29(40)26(21-41(28)33(44)45-23-25-15-11-8-12-16-25)20-39-22-27(37-38-39)19-24-13-9-7-10-14-24/h7-16,22,26,28-30H,17-21,23H2,1-6H3,(H,36,43)/t26-,28+,29+,30+/m0/s1. The van der Waals surface area contributed by atoms with E-state index in [9.17, 15) is 14.4 Å². The predicted molar refractivity (Wildman–Crippen MR) is 173 cm³/mol. The highest BCUT2D eigenvalue weighted by molar-refractivity contribution is 5.87. The van der Waals surface area contributed by atoms with Gasteiger partial charge in [-0.1, -0.05) is 86.6 Å². The van der Waals surface area contributed by atoms with E-state index < -0.39 is 29.2 Å². The Morgan fingerprint density at radius 3 is 2.22 bits per heavy atom. The van der Waals surface area contributed by atoms with Crippen molar-refractivity contribution in [2.45, 2.75) is 91.3 Å². The number of nitrogens with zero attached hydrogens (tertiary/aromatic N) is 5. The van der Waals surface area contributed by atoms with Crippen molar-refractivity contribution in [3.63, 3.8) is 0 Å². The first kappa shape index (κ1) is 33.0. The van der Waals surface area contributed by atoms with Crippen LogP contribution in [0, 0.1) is 11.3 Å². The average molecular weight is 631 g/mol. The van der Waals surface area contributed by atoms with Crippen LogP contribution in [-0.2, 0) is 33.8 Å². The minimum Gasteiger partial charge on any atom is -0.445 e. The topological polar surface area (TPSA) is 119 Å². The highest BCUT2D eigenvalue weighted by Crippen LogP contribution is 2.38. The van der Waals surface area contributed by atoms with Crippen molar-refractivity contribution < 1.29 is 23.9 Å². The molecule has 246 valence electrons. The zero-order valence-corrected chi connectivity index (χ0v) is 27.7. The molecule has 0 aliphatic carbocycles. The second kappa shape index (κ2) is 13.5. The fraction of sp³-hybridized carbons (Fsp3) is 0.514. The molecule has 0 saturated carbocycles. The van der Waals surface area contributed by atoms with E-state index in [1.165, 1.54) is 0 Å². The maximum absolute atomic E-state index is 14.3. The van der Waals surface area contributed by atoms with Crippen LogP contribution in [0.4, 0.5) is 9.59 Å². The van der Waals surface area contributed by atoms with Gasteiger partial charge in [-0.15, -0.1) is 5.10 Å². The van der Waals surface area contributed by atoms with Crippen LogP contribution in [0.3, 0.4) is 0 Å². The lowest BCUT2D eigenvalue weighted by Gasteiger charge is -2.37. The second-order valence-electron chi connectivity index (χ2n) is 14.4. The van der Waals surface area contributed by atoms with Gasteiger partial charge in [-0.05, 0) is 43.7 Å². The number of carbonyl (C=O) groups is 3. The quantitative estimate of drug-likeness (QED) is 0.370. The van der Waals surface area contributed by atoms with E-state index in [1.54, 1.807) is 30.4 Å². The summed E-state index contributed by atoms with van der Waals surface area (Å²) in [7, 11) is 0. The van der Waals surface area contributed by atoms with E-state index in [4.69, 9.17) is 9.47 Å². The van der Waals surface area contributed by atoms with Gasteiger partial charge in [-0.2, -0.15) is 0 Å². The number of rotatable bonds is 8. The number of carbonyl (C=O) groups excluding carboxylic acids is 3. The molecule has 11 nitrogen and oxygen atoms in total.